The first-order valence-electron chi connectivity index (χ1n) is 10.6. The summed E-state index contributed by atoms with van der Waals surface area (Å²) in [4.78, 5) is 14.8. The minimum Gasteiger partial charge on any atom is -0.374 e. The van der Waals surface area contributed by atoms with Gasteiger partial charge in [-0.1, -0.05) is 24.3 Å². The Morgan fingerprint density at radius 1 is 1.16 bits per heavy atom. The lowest BCUT2D eigenvalue weighted by Crippen LogP contribution is -2.50. The number of hydrogen-bond donors (Lipinski definition) is 0. The van der Waals surface area contributed by atoms with Crippen molar-refractivity contribution in [3.63, 3.8) is 0 Å². The Morgan fingerprint density at radius 2 is 1.90 bits per heavy atom. The van der Waals surface area contributed by atoms with Gasteiger partial charge in [-0.15, -0.1) is 0 Å². The van der Waals surface area contributed by atoms with Crippen LogP contribution in [0.1, 0.15) is 28.8 Å². The Kier molecular flexibility index (Phi) is 6.41. The second-order valence-corrected chi connectivity index (χ2v) is 10.2. The lowest BCUT2D eigenvalue weighted by atomic mass is 10.1. The van der Waals surface area contributed by atoms with Gasteiger partial charge in [-0.3, -0.25) is 4.79 Å². The van der Waals surface area contributed by atoms with Gasteiger partial charge < -0.3 is 9.64 Å². The molecule has 1 amide bonds. The molecule has 0 bridgehead atoms. The van der Waals surface area contributed by atoms with Crippen LogP contribution in [0.25, 0.3) is 0 Å². The van der Waals surface area contributed by atoms with Gasteiger partial charge in [0.05, 0.1) is 17.6 Å². The van der Waals surface area contributed by atoms with Crippen LogP contribution in [0.2, 0.25) is 0 Å². The molecule has 2 fully saturated rings. The van der Waals surface area contributed by atoms with Crippen LogP contribution in [0, 0.1) is 18.7 Å². The van der Waals surface area contributed by atoms with E-state index in [0.717, 1.165) is 18.9 Å². The minimum absolute atomic E-state index is 0.0635. The highest BCUT2D eigenvalue weighted by molar-refractivity contribution is 7.89. The molecule has 2 aliphatic rings. The van der Waals surface area contributed by atoms with E-state index in [9.17, 15) is 17.6 Å². The molecule has 31 heavy (non-hydrogen) atoms. The smallest absolute Gasteiger partial charge is 0.253 e. The van der Waals surface area contributed by atoms with Crippen molar-refractivity contribution in [2.75, 3.05) is 32.8 Å². The van der Waals surface area contributed by atoms with Crippen LogP contribution in [0.5, 0.6) is 0 Å². The van der Waals surface area contributed by atoms with Crippen molar-refractivity contribution in [1.82, 2.24) is 9.21 Å². The highest BCUT2D eigenvalue weighted by atomic mass is 32.2. The van der Waals surface area contributed by atoms with E-state index in [4.69, 9.17) is 4.74 Å². The van der Waals surface area contributed by atoms with E-state index in [0.29, 0.717) is 30.1 Å². The Labute approximate surface area is 182 Å². The Morgan fingerprint density at radius 3 is 2.58 bits per heavy atom. The zero-order valence-corrected chi connectivity index (χ0v) is 18.4. The van der Waals surface area contributed by atoms with Crippen LogP contribution in [0.3, 0.4) is 0 Å². The number of morpholine rings is 1. The summed E-state index contributed by atoms with van der Waals surface area (Å²) in [6.07, 6.45) is 1.76. The van der Waals surface area contributed by atoms with Crippen LogP contribution >= 0.6 is 0 Å². The summed E-state index contributed by atoms with van der Waals surface area (Å²) in [6.45, 7) is 3.11. The summed E-state index contributed by atoms with van der Waals surface area (Å²) < 4.78 is 47.2. The van der Waals surface area contributed by atoms with Gasteiger partial charge in [0.2, 0.25) is 10.0 Å². The third-order valence-electron chi connectivity index (χ3n) is 5.79. The third-order valence-corrected chi connectivity index (χ3v) is 7.65. The lowest BCUT2D eigenvalue weighted by Gasteiger charge is -2.35. The van der Waals surface area contributed by atoms with Gasteiger partial charge in [-0.05, 0) is 55.5 Å². The topological polar surface area (TPSA) is 66.9 Å². The molecule has 0 radical (unpaired) electrons. The number of halogens is 1. The monoisotopic (exact) mass is 446 g/mol. The van der Waals surface area contributed by atoms with Crippen LogP contribution in [-0.4, -0.2) is 62.4 Å². The van der Waals surface area contributed by atoms with Crippen LogP contribution in [0.15, 0.2) is 53.4 Å². The number of aryl methyl sites for hydroxylation is 1. The first-order chi connectivity index (χ1) is 14.8. The fraction of sp³-hybridized carbons (Fsp3) is 0.435. The summed E-state index contributed by atoms with van der Waals surface area (Å²) in [7, 11) is -3.84. The number of amides is 1. The van der Waals surface area contributed by atoms with E-state index in [-0.39, 0.29) is 30.5 Å². The van der Waals surface area contributed by atoms with E-state index >= 15 is 0 Å². The molecule has 1 saturated carbocycles. The number of benzene rings is 2. The van der Waals surface area contributed by atoms with Crippen LogP contribution < -0.4 is 0 Å². The van der Waals surface area contributed by atoms with Crippen molar-refractivity contribution >= 4 is 15.9 Å². The van der Waals surface area contributed by atoms with Crippen LogP contribution in [-0.2, 0) is 14.8 Å². The molecule has 1 atom stereocenters. The number of ether oxygens (including phenoxy) is 1. The summed E-state index contributed by atoms with van der Waals surface area (Å²) in [5.74, 6) is -0.127. The average molecular weight is 447 g/mol. The van der Waals surface area contributed by atoms with E-state index in [2.05, 4.69) is 0 Å². The van der Waals surface area contributed by atoms with Gasteiger partial charge in [0.1, 0.15) is 5.82 Å². The Hall–Kier alpha value is -2.29. The zero-order valence-electron chi connectivity index (χ0n) is 17.5. The largest absolute Gasteiger partial charge is 0.374 e. The number of carbonyl (C=O) groups is 1. The molecule has 166 valence electrons. The minimum atomic E-state index is -3.84. The summed E-state index contributed by atoms with van der Waals surface area (Å²) >= 11 is 0. The molecule has 1 saturated heterocycles. The maximum absolute atomic E-state index is 14.0. The molecule has 2 aromatic carbocycles. The van der Waals surface area contributed by atoms with Crippen molar-refractivity contribution in [3.05, 3.63) is 65.5 Å². The maximum Gasteiger partial charge on any atom is 0.253 e. The number of sulfonamides is 1. The maximum atomic E-state index is 14.0. The van der Waals surface area contributed by atoms with Gasteiger partial charge in [-0.25, -0.2) is 12.8 Å². The van der Waals surface area contributed by atoms with Crippen molar-refractivity contribution < 1.29 is 22.3 Å². The number of rotatable bonds is 7. The molecule has 0 spiro atoms. The second kappa shape index (κ2) is 9.06. The fourth-order valence-electron chi connectivity index (χ4n) is 3.77. The number of carbonyl (C=O) groups excluding carboxylic acids is 1. The highest BCUT2D eigenvalue weighted by Gasteiger charge is 2.34. The quantitative estimate of drug-likeness (QED) is 0.656. The molecule has 1 aliphatic heterocycles. The molecule has 1 aliphatic carbocycles. The average Bonchev–Trinajstić information content (AvgIpc) is 3.59. The molecule has 4 rings (SSSR count). The van der Waals surface area contributed by atoms with Gasteiger partial charge in [0, 0.05) is 31.7 Å². The summed E-state index contributed by atoms with van der Waals surface area (Å²) in [5, 5.41) is 0. The van der Waals surface area contributed by atoms with E-state index < -0.39 is 21.9 Å². The van der Waals surface area contributed by atoms with Gasteiger partial charge in [0.25, 0.3) is 5.91 Å². The fourth-order valence-corrected chi connectivity index (χ4v) is 5.23. The molecular formula is C23H27FN2O4S. The predicted octanol–water partition coefficient (Wildman–Crippen LogP) is 3.08. The molecule has 8 heteroatoms. The first-order valence-corrected chi connectivity index (χ1v) is 12.0. The lowest BCUT2D eigenvalue weighted by molar-refractivity contribution is -0.0179. The highest BCUT2D eigenvalue weighted by Crippen LogP contribution is 2.30. The van der Waals surface area contributed by atoms with Crippen molar-refractivity contribution in [2.45, 2.75) is 30.8 Å². The van der Waals surface area contributed by atoms with Gasteiger partial charge in [-0.2, -0.15) is 4.31 Å². The summed E-state index contributed by atoms with van der Waals surface area (Å²) in [6, 6.07) is 13.0. The van der Waals surface area contributed by atoms with Gasteiger partial charge >= 0.3 is 0 Å². The van der Waals surface area contributed by atoms with Crippen LogP contribution in [0.4, 0.5) is 4.39 Å². The molecule has 1 heterocycles. The van der Waals surface area contributed by atoms with Gasteiger partial charge in [0.15, 0.2) is 0 Å². The number of nitrogens with zero attached hydrogens (tertiary/aromatic N) is 2. The molecule has 0 aromatic heterocycles. The summed E-state index contributed by atoms with van der Waals surface area (Å²) in [5.41, 5.74) is 1.01. The standard InChI is InChI=1S/C23H27FN2O4S/c1-17-7-10-21(13-22(17)24)31(28,29)26-11-12-30-20(16-26)15-25(14-18-8-9-18)23(27)19-5-3-2-4-6-19/h2-7,10,13,18,20H,8-9,11-12,14-16H2,1H3. The van der Waals surface area contributed by atoms with E-state index in [1.807, 2.05) is 18.2 Å². The van der Waals surface area contributed by atoms with Crippen molar-refractivity contribution in [2.24, 2.45) is 5.92 Å². The normalized spacial score (nSPS) is 19.9. The van der Waals surface area contributed by atoms with E-state index in [1.54, 1.807) is 24.0 Å². The Balaban J connectivity index is 1.48. The Bertz CT molecular complexity index is 1040. The zero-order chi connectivity index (χ0) is 22.0. The molecule has 1 unspecified atom stereocenters. The molecule has 0 N–H and O–H groups in total. The molecular weight excluding hydrogens is 419 g/mol. The molecule has 6 nitrogen and oxygen atoms in total. The van der Waals surface area contributed by atoms with E-state index in [1.165, 1.54) is 16.4 Å². The second-order valence-electron chi connectivity index (χ2n) is 8.29. The molecule has 2 aromatic rings. The SMILES string of the molecule is Cc1ccc(S(=O)(=O)N2CCOC(CN(CC3CC3)C(=O)c3ccccc3)C2)cc1F. The first kappa shape index (κ1) is 21.9. The predicted molar refractivity (Wildman–Crippen MR) is 115 cm³/mol. The number of hydrogen-bond acceptors (Lipinski definition) is 4. The third kappa shape index (κ3) is 5.14. The van der Waals surface area contributed by atoms with Crippen molar-refractivity contribution in [3.8, 4) is 0 Å². The van der Waals surface area contributed by atoms with Crippen molar-refractivity contribution in [1.29, 1.82) is 0 Å².